The molecule has 0 aromatic heterocycles. The fourth-order valence-electron chi connectivity index (χ4n) is 4.13. The number of ether oxygens (including phenoxy) is 1. The van der Waals surface area contributed by atoms with Gasteiger partial charge in [-0.3, -0.25) is 0 Å². The molecule has 1 aromatic rings. The number of benzene rings is 1. The van der Waals surface area contributed by atoms with E-state index in [1.54, 1.807) is 0 Å². The van der Waals surface area contributed by atoms with Crippen LogP contribution in [-0.4, -0.2) is 12.1 Å². The van der Waals surface area contributed by atoms with Crippen LogP contribution in [0, 0.1) is 13.8 Å². The molecule has 0 saturated heterocycles. The van der Waals surface area contributed by atoms with Crippen LogP contribution >= 0.6 is 11.6 Å². The Morgan fingerprint density at radius 3 is 2.67 bits per heavy atom. The van der Waals surface area contributed by atoms with E-state index in [2.05, 4.69) is 32.2 Å². The first kappa shape index (κ1) is 15.2. The Morgan fingerprint density at radius 1 is 1.29 bits per heavy atom. The van der Waals surface area contributed by atoms with Gasteiger partial charge in [-0.25, -0.2) is 0 Å². The van der Waals surface area contributed by atoms with Gasteiger partial charge in [0.05, 0.1) is 0 Å². The molecular formula is C18H26ClNO. The maximum absolute atomic E-state index is 6.55. The molecule has 0 amide bonds. The highest BCUT2D eigenvalue weighted by molar-refractivity contribution is 6.32. The van der Waals surface area contributed by atoms with Crippen molar-refractivity contribution in [3.05, 3.63) is 27.8 Å². The van der Waals surface area contributed by atoms with E-state index in [-0.39, 0.29) is 5.60 Å². The van der Waals surface area contributed by atoms with Crippen LogP contribution in [0.3, 0.4) is 0 Å². The highest BCUT2D eigenvalue weighted by Gasteiger charge is 2.42. The van der Waals surface area contributed by atoms with Crippen molar-refractivity contribution in [1.29, 1.82) is 0 Å². The summed E-state index contributed by atoms with van der Waals surface area (Å²) >= 11 is 6.47. The van der Waals surface area contributed by atoms with Gasteiger partial charge in [0, 0.05) is 23.0 Å². The summed E-state index contributed by atoms with van der Waals surface area (Å²) in [5.74, 6) is 1.06. The Bertz CT molecular complexity index is 535. The molecule has 1 aliphatic heterocycles. The molecular weight excluding hydrogens is 282 g/mol. The van der Waals surface area contributed by atoms with Gasteiger partial charge in [0.1, 0.15) is 11.4 Å². The van der Waals surface area contributed by atoms with Crippen LogP contribution in [0.25, 0.3) is 0 Å². The van der Waals surface area contributed by atoms with Crippen LogP contribution in [-0.2, 0) is 0 Å². The van der Waals surface area contributed by atoms with Crippen molar-refractivity contribution >= 4 is 11.6 Å². The van der Waals surface area contributed by atoms with E-state index in [4.69, 9.17) is 16.3 Å². The molecule has 1 fully saturated rings. The summed E-state index contributed by atoms with van der Waals surface area (Å²) in [6, 6.07) is 2.51. The predicted molar refractivity (Wildman–Crippen MR) is 88.4 cm³/mol. The molecule has 1 saturated carbocycles. The second-order valence-electron chi connectivity index (χ2n) is 6.70. The average Bonchev–Trinajstić information content (AvgIpc) is 2.45. The fraction of sp³-hybridized carbons (Fsp3) is 0.667. The second-order valence-corrected chi connectivity index (χ2v) is 7.08. The van der Waals surface area contributed by atoms with E-state index in [1.807, 2.05) is 0 Å². The standard InChI is InChI=1S/C18H26ClNO/c1-4-20-14-11-18(8-6-5-7-9-18)21-15-10-12(2)17(19)13(3)16(14)15/h10,14,20H,4-9,11H2,1-3H3. The number of halogens is 1. The zero-order valence-corrected chi connectivity index (χ0v) is 14.1. The van der Waals surface area contributed by atoms with Crippen molar-refractivity contribution < 1.29 is 4.74 Å². The molecule has 3 rings (SSSR count). The predicted octanol–water partition coefficient (Wildman–Crippen LogP) is 5.09. The Morgan fingerprint density at radius 2 is 2.00 bits per heavy atom. The molecule has 1 heterocycles. The van der Waals surface area contributed by atoms with Crippen molar-refractivity contribution in [3.8, 4) is 5.75 Å². The lowest BCUT2D eigenvalue weighted by molar-refractivity contribution is -0.00267. The highest BCUT2D eigenvalue weighted by Crippen LogP contribution is 2.48. The minimum atomic E-state index is 0.0464. The number of aryl methyl sites for hydroxylation is 1. The first-order valence-corrected chi connectivity index (χ1v) is 8.66. The van der Waals surface area contributed by atoms with E-state index in [0.29, 0.717) is 6.04 Å². The Kier molecular flexibility index (Phi) is 4.20. The van der Waals surface area contributed by atoms with E-state index in [1.165, 1.54) is 43.2 Å². The first-order valence-electron chi connectivity index (χ1n) is 8.28. The molecule has 1 unspecified atom stereocenters. The lowest BCUT2D eigenvalue weighted by Gasteiger charge is -2.45. The minimum absolute atomic E-state index is 0.0464. The van der Waals surface area contributed by atoms with Gasteiger partial charge in [0.15, 0.2) is 0 Å². The molecule has 1 N–H and O–H groups in total. The summed E-state index contributed by atoms with van der Waals surface area (Å²) in [7, 11) is 0. The van der Waals surface area contributed by atoms with Crippen molar-refractivity contribution in [2.75, 3.05) is 6.54 Å². The Labute approximate surface area is 133 Å². The largest absolute Gasteiger partial charge is 0.487 e. The third-order valence-corrected chi connectivity index (χ3v) is 5.74. The zero-order valence-electron chi connectivity index (χ0n) is 13.4. The first-order chi connectivity index (χ1) is 10.1. The number of fused-ring (bicyclic) bond motifs is 1. The maximum atomic E-state index is 6.55. The normalized spacial score (nSPS) is 23.7. The van der Waals surface area contributed by atoms with Gasteiger partial charge >= 0.3 is 0 Å². The summed E-state index contributed by atoms with van der Waals surface area (Å²) in [5, 5.41) is 4.55. The van der Waals surface area contributed by atoms with Crippen LogP contribution in [0.15, 0.2) is 6.07 Å². The van der Waals surface area contributed by atoms with E-state index >= 15 is 0 Å². The Balaban J connectivity index is 2.05. The summed E-state index contributed by atoms with van der Waals surface area (Å²) < 4.78 is 6.55. The summed E-state index contributed by atoms with van der Waals surface area (Å²) in [6.45, 7) is 7.35. The van der Waals surface area contributed by atoms with Crippen molar-refractivity contribution in [1.82, 2.24) is 5.32 Å². The Hall–Kier alpha value is -0.730. The summed E-state index contributed by atoms with van der Waals surface area (Å²) in [6.07, 6.45) is 7.39. The molecule has 2 nitrogen and oxygen atoms in total. The van der Waals surface area contributed by atoms with Crippen LogP contribution in [0.1, 0.15) is 68.2 Å². The number of rotatable bonds is 2. The monoisotopic (exact) mass is 307 g/mol. The lowest BCUT2D eigenvalue weighted by Crippen LogP contribution is -2.45. The van der Waals surface area contributed by atoms with E-state index in [0.717, 1.165) is 29.3 Å². The number of hydrogen-bond donors (Lipinski definition) is 1. The summed E-state index contributed by atoms with van der Waals surface area (Å²) in [5.41, 5.74) is 3.63. The van der Waals surface area contributed by atoms with Gasteiger partial charge < -0.3 is 10.1 Å². The van der Waals surface area contributed by atoms with Crippen molar-refractivity contribution in [3.63, 3.8) is 0 Å². The topological polar surface area (TPSA) is 21.3 Å². The van der Waals surface area contributed by atoms with E-state index < -0.39 is 0 Å². The van der Waals surface area contributed by atoms with Gasteiger partial charge in [0.25, 0.3) is 0 Å². The molecule has 2 aliphatic rings. The summed E-state index contributed by atoms with van der Waals surface area (Å²) in [4.78, 5) is 0. The quantitative estimate of drug-likeness (QED) is 0.821. The van der Waals surface area contributed by atoms with Crippen LogP contribution in [0.5, 0.6) is 5.75 Å². The molecule has 1 atom stereocenters. The van der Waals surface area contributed by atoms with E-state index in [9.17, 15) is 0 Å². The molecule has 0 bridgehead atoms. The number of hydrogen-bond acceptors (Lipinski definition) is 2. The molecule has 1 spiro atoms. The van der Waals surface area contributed by atoms with Crippen LogP contribution < -0.4 is 10.1 Å². The minimum Gasteiger partial charge on any atom is -0.487 e. The van der Waals surface area contributed by atoms with Gasteiger partial charge in [-0.1, -0.05) is 24.9 Å². The van der Waals surface area contributed by atoms with Crippen LogP contribution in [0.2, 0.25) is 5.02 Å². The third kappa shape index (κ3) is 2.68. The van der Waals surface area contributed by atoms with Gasteiger partial charge in [0.2, 0.25) is 0 Å². The number of nitrogens with one attached hydrogen (secondary N) is 1. The molecule has 21 heavy (non-hydrogen) atoms. The molecule has 3 heteroatoms. The van der Waals surface area contributed by atoms with Gasteiger partial charge in [-0.05, 0) is 63.3 Å². The molecule has 1 aliphatic carbocycles. The molecule has 116 valence electrons. The maximum Gasteiger partial charge on any atom is 0.125 e. The second kappa shape index (κ2) is 5.81. The van der Waals surface area contributed by atoms with Gasteiger partial charge in [-0.2, -0.15) is 0 Å². The lowest BCUT2D eigenvalue weighted by atomic mass is 9.76. The highest BCUT2D eigenvalue weighted by atomic mass is 35.5. The average molecular weight is 308 g/mol. The van der Waals surface area contributed by atoms with Gasteiger partial charge in [-0.15, -0.1) is 0 Å². The SMILES string of the molecule is CCNC1CC2(CCCCC2)Oc2cc(C)c(Cl)c(C)c21. The fourth-order valence-corrected chi connectivity index (χ4v) is 4.28. The van der Waals surface area contributed by atoms with Crippen molar-refractivity contribution in [2.45, 2.75) is 70.9 Å². The smallest absolute Gasteiger partial charge is 0.125 e. The molecule has 1 aromatic carbocycles. The third-order valence-electron chi connectivity index (χ3n) is 5.16. The zero-order chi connectivity index (χ0) is 15.0. The molecule has 0 radical (unpaired) electrons. The van der Waals surface area contributed by atoms with Crippen molar-refractivity contribution in [2.24, 2.45) is 0 Å². The van der Waals surface area contributed by atoms with Crippen LogP contribution in [0.4, 0.5) is 0 Å².